The Labute approximate surface area is 72.3 Å². The van der Waals surface area contributed by atoms with Crippen molar-refractivity contribution in [1.82, 2.24) is 0 Å². The molecule has 0 saturated heterocycles. The Kier molecular flexibility index (Phi) is 3.04. The molecule has 0 aromatic carbocycles. The smallest absolute Gasteiger partial charge is 0.143 e. The number of ketones is 2. The lowest BCUT2D eigenvalue weighted by atomic mass is 9.99. The van der Waals surface area contributed by atoms with E-state index in [1.165, 1.54) is 0 Å². The van der Waals surface area contributed by atoms with E-state index in [1.807, 2.05) is 0 Å². The van der Waals surface area contributed by atoms with Crippen LogP contribution in [0.25, 0.3) is 0 Å². The van der Waals surface area contributed by atoms with Gasteiger partial charge in [0, 0.05) is 19.3 Å². The van der Waals surface area contributed by atoms with Gasteiger partial charge in [-0.1, -0.05) is 0 Å². The van der Waals surface area contributed by atoms with Gasteiger partial charge >= 0.3 is 0 Å². The van der Waals surface area contributed by atoms with E-state index in [4.69, 9.17) is 6.42 Å². The normalized spacial score (nSPS) is 18.2. The van der Waals surface area contributed by atoms with Crippen molar-refractivity contribution in [3.63, 3.8) is 0 Å². The molecule has 1 aliphatic rings. The van der Waals surface area contributed by atoms with E-state index in [0.29, 0.717) is 25.7 Å². The van der Waals surface area contributed by atoms with E-state index in [2.05, 4.69) is 5.92 Å². The molecule has 0 aliphatic heterocycles. The minimum atomic E-state index is -0.321. The van der Waals surface area contributed by atoms with Crippen LogP contribution >= 0.6 is 0 Å². The third-order valence-corrected chi connectivity index (χ3v) is 2.21. The number of carbonyl (C=O) groups excluding carboxylic acids is 2. The Morgan fingerprint density at radius 1 is 1.33 bits per heavy atom. The third-order valence-electron chi connectivity index (χ3n) is 2.21. The van der Waals surface area contributed by atoms with Gasteiger partial charge in [0.25, 0.3) is 0 Å². The molecule has 1 aliphatic carbocycles. The SMILES string of the molecule is C#CCCCC1C(=O)CCC1=O. The van der Waals surface area contributed by atoms with Crippen molar-refractivity contribution in [2.75, 3.05) is 0 Å². The van der Waals surface area contributed by atoms with Gasteiger partial charge in [0.2, 0.25) is 0 Å². The van der Waals surface area contributed by atoms with Gasteiger partial charge < -0.3 is 0 Å². The van der Waals surface area contributed by atoms with Crippen LogP contribution in [0.2, 0.25) is 0 Å². The third kappa shape index (κ3) is 1.94. The molecule has 0 amide bonds. The minimum Gasteiger partial charge on any atom is -0.299 e. The van der Waals surface area contributed by atoms with Crippen LogP contribution in [0.5, 0.6) is 0 Å². The van der Waals surface area contributed by atoms with E-state index in [9.17, 15) is 9.59 Å². The number of hydrogen-bond acceptors (Lipinski definition) is 2. The molecule has 0 unspecified atom stereocenters. The molecule has 0 atom stereocenters. The average molecular weight is 164 g/mol. The quantitative estimate of drug-likeness (QED) is 0.358. The van der Waals surface area contributed by atoms with Crippen LogP contribution in [0.4, 0.5) is 0 Å². The van der Waals surface area contributed by atoms with E-state index in [1.54, 1.807) is 0 Å². The van der Waals surface area contributed by atoms with Gasteiger partial charge in [-0.3, -0.25) is 9.59 Å². The number of carbonyl (C=O) groups is 2. The summed E-state index contributed by atoms with van der Waals surface area (Å²) in [6, 6.07) is 0. The predicted molar refractivity (Wildman–Crippen MR) is 45.4 cm³/mol. The lowest BCUT2D eigenvalue weighted by Crippen LogP contribution is -2.13. The topological polar surface area (TPSA) is 34.1 Å². The zero-order valence-corrected chi connectivity index (χ0v) is 7.01. The first-order valence-corrected chi connectivity index (χ1v) is 4.24. The van der Waals surface area contributed by atoms with Crippen molar-refractivity contribution in [1.29, 1.82) is 0 Å². The fourth-order valence-electron chi connectivity index (χ4n) is 1.50. The van der Waals surface area contributed by atoms with Gasteiger partial charge in [0.1, 0.15) is 11.6 Å². The van der Waals surface area contributed by atoms with Crippen LogP contribution in [-0.2, 0) is 9.59 Å². The van der Waals surface area contributed by atoms with Crippen LogP contribution in [0, 0.1) is 18.3 Å². The average Bonchev–Trinajstić information content (AvgIpc) is 2.35. The van der Waals surface area contributed by atoms with Gasteiger partial charge in [-0.15, -0.1) is 12.3 Å². The zero-order chi connectivity index (χ0) is 8.97. The second kappa shape index (κ2) is 4.06. The molecule has 0 aromatic heterocycles. The standard InChI is InChI=1S/C10H12O2/c1-2-3-4-5-8-9(11)6-7-10(8)12/h1,8H,3-7H2. The number of rotatable bonds is 3. The minimum absolute atomic E-state index is 0.108. The molecule has 0 spiro atoms. The van der Waals surface area contributed by atoms with Crippen LogP contribution in [0.15, 0.2) is 0 Å². The summed E-state index contributed by atoms with van der Waals surface area (Å²) < 4.78 is 0. The summed E-state index contributed by atoms with van der Waals surface area (Å²) >= 11 is 0. The molecule has 12 heavy (non-hydrogen) atoms. The van der Waals surface area contributed by atoms with Gasteiger partial charge in [0.15, 0.2) is 0 Å². The van der Waals surface area contributed by atoms with Gasteiger partial charge in [-0.05, 0) is 12.8 Å². The molecule has 0 heterocycles. The first kappa shape index (κ1) is 8.99. The molecule has 1 saturated carbocycles. The first-order valence-electron chi connectivity index (χ1n) is 4.24. The summed E-state index contributed by atoms with van der Waals surface area (Å²) in [6.45, 7) is 0. The monoisotopic (exact) mass is 164 g/mol. The molecule has 0 bridgehead atoms. The van der Waals surface area contributed by atoms with Crippen LogP contribution in [0.1, 0.15) is 32.1 Å². The highest BCUT2D eigenvalue weighted by atomic mass is 16.2. The fourth-order valence-corrected chi connectivity index (χ4v) is 1.50. The molecule has 0 aromatic rings. The van der Waals surface area contributed by atoms with E-state index in [0.717, 1.165) is 6.42 Å². The molecular formula is C10H12O2. The highest BCUT2D eigenvalue weighted by Crippen LogP contribution is 2.22. The molecule has 1 fully saturated rings. The Balaban J connectivity index is 2.36. The van der Waals surface area contributed by atoms with Crippen LogP contribution in [0.3, 0.4) is 0 Å². The van der Waals surface area contributed by atoms with Crippen molar-refractivity contribution in [2.24, 2.45) is 5.92 Å². The summed E-state index contributed by atoms with van der Waals surface area (Å²) in [7, 11) is 0. The van der Waals surface area contributed by atoms with E-state index < -0.39 is 0 Å². The van der Waals surface area contributed by atoms with Gasteiger partial charge in [-0.2, -0.15) is 0 Å². The molecule has 2 nitrogen and oxygen atoms in total. The van der Waals surface area contributed by atoms with E-state index >= 15 is 0 Å². The fraction of sp³-hybridized carbons (Fsp3) is 0.600. The summed E-state index contributed by atoms with van der Waals surface area (Å²) in [4.78, 5) is 22.2. The molecule has 0 N–H and O–H groups in total. The maximum absolute atomic E-state index is 11.1. The van der Waals surface area contributed by atoms with E-state index in [-0.39, 0.29) is 17.5 Å². The lowest BCUT2D eigenvalue weighted by molar-refractivity contribution is -0.127. The second-order valence-electron chi connectivity index (χ2n) is 3.08. The Morgan fingerprint density at radius 2 is 1.92 bits per heavy atom. The highest BCUT2D eigenvalue weighted by Gasteiger charge is 2.31. The number of Topliss-reactive ketones (excluding diaryl/α,β-unsaturated/α-hetero) is 2. The summed E-state index contributed by atoms with van der Waals surface area (Å²) in [5.74, 6) is 2.39. The maximum Gasteiger partial charge on any atom is 0.143 e. The van der Waals surface area contributed by atoms with Crippen molar-refractivity contribution in [3.05, 3.63) is 0 Å². The largest absolute Gasteiger partial charge is 0.299 e. The summed E-state index contributed by atoms with van der Waals surface area (Å²) in [5.41, 5.74) is 0. The number of unbranched alkanes of at least 4 members (excludes halogenated alkanes) is 1. The van der Waals surface area contributed by atoms with Gasteiger partial charge in [-0.25, -0.2) is 0 Å². The maximum atomic E-state index is 11.1. The zero-order valence-electron chi connectivity index (χ0n) is 7.01. The molecule has 1 rings (SSSR count). The first-order chi connectivity index (χ1) is 5.75. The number of hydrogen-bond donors (Lipinski definition) is 0. The highest BCUT2D eigenvalue weighted by molar-refractivity contribution is 6.08. The Bertz CT molecular complexity index is 219. The van der Waals surface area contributed by atoms with Crippen molar-refractivity contribution in [3.8, 4) is 12.3 Å². The summed E-state index contributed by atoms with van der Waals surface area (Å²) in [5, 5.41) is 0. The second-order valence-corrected chi connectivity index (χ2v) is 3.08. The summed E-state index contributed by atoms with van der Waals surface area (Å²) in [6.07, 6.45) is 8.06. The van der Waals surface area contributed by atoms with Gasteiger partial charge in [0.05, 0.1) is 5.92 Å². The molecule has 0 radical (unpaired) electrons. The lowest BCUT2D eigenvalue weighted by Gasteiger charge is -2.03. The number of terminal acetylenes is 1. The van der Waals surface area contributed by atoms with Crippen LogP contribution in [-0.4, -0.2) is 11.6 Å². The molecule has 2 heteroatoms. The van der Waals surface area contributed by atoms with Crippen molar-refractivity contribution in [2.45, 2.75) is 32.1 Å². The Hall–Kier alpha value is -1.10. The Morgan fingerprint density at radius 3 is 2.42 bits per heavy atom. The van der Waals surface area contributed by atoms with Crippen molar-refractivity contribution < 1.29 is 9.59 Å². The predicted octanol–water partition coefficient (Wildman–Crippen LogP) is 1.34. The van der Waals surface area contributed by atoms with Crippen molar-refractivity contribution >= 4 is 11.6 Å². The molecular weight excluding hydrogens is 152 g/mol. The van der Waals surface area contributed by atoms with Crippen LogP contribution < -0.4 is 0 Å². The molecule has 64 valence electrons.